The van der Waals surface area contributed by atoms with E-state index < -0.39 is 0 Å². The highest BCUT2D eigenvalue weighted by Gasteiger charge is 2.56. The van der Waals surface area contributed by atoms with Gasteiger partial charge in [-0.1, -0.05) is 0 Å². The van der Waals surface area contributed by atoms with Gasteiger partial charge in [-0.15, -0.1) is 0 Å². The molecule has 0 amide bonds. The molecule has 0 spiro atoms. The van der Waals surface area contributed by atoms with Crippen LogP contribution in [0.5, 0.6) is 0 Å². The van der Waals surface area contributed by atoms with Crippen LogP contribution in [0.3, 0.4) is 0 Å². The first-order chi connectivity index (χ1) is 5.24. The number of aliphatic hydroxyl groups is 1. The Bertz CT molecular complexity index is 190. The number of fused-ring (bicyclic) bond motifs is 1. The molecule has 2 aliphatic rings. The predicted molar refractivity (Wildman–Crippen MR) is 37.7 cm³/mol. The molecule has 3 nitrogen and oxygen atoms in total. The highest BCUT2D eigenvalue weighted by atomic mass is 16.5. The van der Waals surface area contributed by atoms with E-state index in [2.05, 4.69) is 4.74 Å². The van der Waals surface area contributed by atoms with Gasteiger partial charge in [0.1, 0.15) is 0 Å². The maximum absolute atomic E-state index is 11.1. The van der Waals surface area contributed by atoms with Crippen LogP contribution in [0.2, 0.25) is 0 Å². The fraction of sp³-hybridized carbons (Fsp3) is 0.875. The van der Waals surface area contributed by atoms with Crippen molar-refractivity contribution in [1.29, 1.82) is 0 Å². The van der Waals surface area contributed by atoms with E-state index in [9.17, 15) is 9.90 Å². The third-order valence-corrected chi connectivity index (χ3v) is 2.90. The number of methoxy groups -OCH3 is 1. The van der Waals surface area contributed by atoms with Gasteiger partial charge < -0.3 is 9.84 Å². The van der Waals surface area contributed by atoms with Crippen molar-refractivity contribution in [3.8, 4) is 0 Å². The Morgan fingerprint density at radius 2 is 2.18 bits per heavy atom. The lowest BCUT2D eigenvalue weighted by Crippen LogP contribution is -2.18. The summed E-state index contributed by atoms with van der Waals surface area (Å²) in [7, 11) is 1.41. The second kappa shape index (κ2) is 2.21. The van der Waals surface area contributed by atoms with Gasteiger partial charge in [-0.25, -0.2) is 0 Å². The molecule has 2 rings (SSSR count). The Labute approximate surface area is 65.4 Å². The van der Waals surface area contributed by atoms with E-state index in [0.29, 0.717) is 18.3 Å². The van der Waals surface area contributed by atoms with Crippen LogP contribution in [-0.4, -0.2) is 24.3 Å². The third-order valence-electron chi connectivity index (χ3n) is 2.90. The van der Waals surface area contributed by atoms with Gasteiger partial charge in [0.2, 0.25) is 0 Å². The molecule has 1 N–H and O–H groups in total. The lowest BCUT2D eigenvalue weighted by atomic mass is 10.0. The van der Waals surface area contributed by atoms with Crippen molar-refractivity contribution in [2.45, 2.75) is 18.9 Å². The average Bonchev–Trinajstić information content (AvgIpc) is 2.72. The molecular formula is C8H12O3. The maximum atomic E-state index is 11.1. The number of esters is 1. The minimum Gasteiger partial charge on any atom is -0.469 e. The van der Waals surface area contributed by atoms with Crippen LogP contribution in [0.25, 0.3) is 0 Å². The minimum absolute atomic E-state index is 0.0139. The molecular weight excluding hydrogens is 144 g/mol. The van der Waals surface area contributed by atoms with Crippen LogP contribution in [0.15, 0.2) is 0 Å². The summed E-state index contributed by atoms with van der Waals surface area (Å²) in [4.78, 5) is 11.1. The van der Waals surface area contributed by atoms with Crippen molar-refractivity contribution in [3.05, 3.63) is 0 Å². The molecule has 0 aromatic heterocycles. The summed E-state index contributed by atoms with van der Waals surface area (Å²) in [5.41, 5.74) is 0. The fourth-order valence-corrected chi connectivity index (χ4v) is 2.17. The summed E-state index contributed by atoms with van der Waals surface area (Å²) in [5, 5.41) is 9.35. The summed E-state index contributed by atoms with van der Waals surface area (Å²) < 4.78 is 4.63. The van der Waals surface area contributed by atoms with Crippen molar-refractivity contribution < 1.29 is 14.6 Å². The third kappa shape index (κ3) is 0.948. The summed E-state index contributed by atoms with van der Waals surface area (Å²) in [6, 6.07) is 0. The van der Waals surface area contributed by atoms with Crippen molar-refractivity contribution in [2.24, 2.45) is 17.8 Å². The monoisotopic (exact) mass is 156 g/mol. The molecule has 0 aliphatic heterocycles. The largest absolute Gasteiger partial charge is 0.469 e. The van der Waals surface area contributed by atoms with Gasteiger partial charge in [0.15, 0.2) is 0 Å². The average molecular weight is 156 g/mol. The van der Waals surface area contributed by atoms with Crippen molar-refractivity contribution in [2.75, 3.05) is 7.11 Å². The number of hydrogen-bond donors (Lipinski definition) is 1. The normalized spacial score (nSPS) is 46.7. The van der Waals surface area contributed by atoms with Crippen LogP contribution in [0.1, 0.15) is 12.8 Å². The molecule has 2 aliphatic carbocycles. The summed E-state index contributed by atoms with van der Waals surface area (Å²) in [5.74, 6) is 0.672. The first-order valence-corrected chi connectivity index (χ1v) is 4.00. The van der Waals surface area contributed by atoms with Gasteiger partial charge >= 0.3 is 5.97 Å². The molecule has 0 aromatic rings. The molecule has 2 saturated carbocycles. The number of rotatable bonds is 1. The topological polar surface area (TPSA) is 46.5 Å². The zero-order valence-corrected chi connectivity index (χ0v) is 6.49. The van der Waals surface area contributed by atoms with E-state index in [0.717, 1.165) is 6.42 Å². The zero-order valence-electron chi connectivity index (χ0n) is 6.49. The van der Waals surface area contributed by atoms with E-state index in [1.165, 1.54) is 7.11 Å². The van der Waals surface area contributed by atoms with E-state index >= 15 is 0 Å². The lowest BCUT2D eigenvalue weighted by molar-refractivity contribution is -0.146. The van der Waals surface area contributed by atoms with E-state index in [1.54, 1.807) is 0 Å². The Morgan fingerprint density at radius 3 is 2.55 bits per heavy atom. The van der Waals surface area contributed by atoms with Crippen LogP contribution < -0.4 is 0 Å². The highest BCUT2D eigenvalue weighted by Crippen LogP contribution is 2.55. The lowest BCUT2D eigenvalue weighted by Gasteiger charge is -2.09. The van der Waals surface area contributed by atoms with Gasteiger partial charge in [0, 0.05) is 0 Å². The number of aliphatic hydroxyl groups excluding tert-OH is 1. The predicted octanol–water partition coefficient (Wildman–Crippen LogP) is 0.176. The highest BCUT2D eigenvalue weighted by molar-refractivity contribution is 5.73. The molecule has 0 saturated heterocycles. The Balaban J connectivity index is 2.02. The molecule has 0 radical (unpaired) electrons. The van der Waals surface area contributed by atoms with Crippen molar-refractivity contribution in [1.82, 2.24) is 0 Å². The van der Waals surface area contributed by atoms with Crippen LogP contribution in [0.4, 0.5) is 0 Å². The van der Waals surface area contributed by atoms with Crippen molar-refractivity contribution >= 4 is 5.97 Å². The molecule has 11 heavy (non-hydrogen) atoms. The van der Waals surface area contributed by atoms with Gasteiger partial charge in [-0.3, -0.25) is 4.79 Å². The first kappa shape index (κ1) is 7.10. The number of ether oxygens (including phenoxy) is 1. The number of carbonyl (C=O) groups excluding carboxylic acids is 1. The molecule has 2 fully saturated rings. The van der Waals surface area contributed by atoms with Gasteiger partial charge in [-0.2, -0.15) is 0 Å². The smallest absolute Gasteiger partial charge is 0.309 e. The minimum atomic E-state index is -0.246. The molecule has 0 heterocycles. The number of carbonyl (C=O) groups is 1. The van der Waals surface area contributed by atoms with Crippen LogP contribution >= 0.6 is 0 Å². The summed E-state index contributed by atoms with van der Waals surface area (Å²) >= 11 is 0. The molecule has 4 atom stereocenters. The maximum Gasteiger partial charge on any atom is 0.309 e. The quantitative estimate of drug-likeness (QED) is 0.551. The molecule has 62 valence electrons. The molecule has 0 bridgehead atoms. The first-order valence-electron chi connectivity index (χ1n) is 4.00. The fourth-order valence-electron chi connectivity index (χ4n) is 2.17. The summed E-state index contributed by atoms with van der Waals surface area (Å²) in [6.45, 7) is 0. The van der Waals surface area contributed by atoms with E-state index in [4.69, 9.17) is 0 Å². The standard InChI is InChI=1S/C8H12O3/c1-11-8(10)6-3-7(9)5-2-4(5)6/h4-7,9H,2-3H2,1H3/t4?,5?,6-,7+/m0/s1. The van der Waals surface area contributed by atoms with Crippen molar-refractivity contribution in [3.63, 3.8) is 0 Å². The Kier molecular flexibility index (Phi) is 1.42. The molecule has 3 heteroatoms. The van der Waals surface area contributed by atoms with Gasteiger partial charge in [-0.05, 0) is 24.7 Å². The van der Waals surface area contributed by atoms with Gasteiger partial charge in [0.25, 0.3) is 0 Å². The second-order valence-electron chi connectivity index (χ2n) is 3.50. The van der Waals surface area contributed by atoms with E-state index in [-0.39, 0.29) is 18.0 Å². The Hall–Kier alpha value is -0.570. The molecule has 2 unspecified atom stereocenters. The number of hydrogen-bond acceptors (Lipinski definition) is 3. The zero-order chi connectivity index (χ0) is 8.01. The summed E-state index contributed by atoms with van der Waals surface area (Å²) in [6.07, 6.45) is 1.38. The van der Waals surface area contributed by atoms with Gasteiger partial charge in [0.05, 0.1) is 19.1 Å². The molecule has 0 aromatic carbocycles. The van der Waals surface area contributed by atoms with Crippen LogP contribution in [0, 0.1) is 17.8 Å². The Morgan fingerprint density at radius 1 is 1.45 bits per heavy atom. The van der Waals surface area contributed by atoms with E-state index in [1.807, 2.05) is 0 Å². The van der Waals surface area contributed by atoms with Crippen LogP contribution in [-0.2, 0) is 9.53 Å². The SMILES string of the molecule is COC(=O)[C@H]1C[C@@H](O)C2CC21. The second-order valence-corrected chi connectivity index (χ2v) is 3.50.